The number of allylic oxidation sites excluding steroid dienone is 1. The van der Waals surface area contributed by atoms with Gasteiger partial charge in [0.25, 0.3) is 0 Å². The van der Waals surface area contributed by atoms with Crippen LogP contribution in [0.15, 0.2) is 193 Å². The largest absolute Gasteiger partial charge is 0.360 e. The highest BCUT2D eigenvalue weighted by Crippen LogP contribution is 2.47. The molecule has 12 rings (SSSR count). The number of nitrogens with zero attached hydrogens (tertiary/aromatic N) is 2. The van der Waals surface area contributed by atoms with Gasteiger partial charge in [-0.15, -0.1) is 22.7 Å². The van der Waals surface area contributed by atoms with Gasteiger partial charge in [0.05, 0.1) is 16.7 Å². The summed E-state index contributed by atoms with van der Waals surface area (Å²) in [4.78, 5) is 5.35. The first-order chi connectivity index (χ1) is 28.2. The number of aliphatic imine (C=N–C) groups is 1. The lowest BCUT2D eigenvalue weighted by atomic mass is 9.97. The molecule has 57 heavy (non-hydrogen) atoms. The van der Waals surface area contributed by atoms with Gasteiger partial charge in [-0.1, -0.05) is 140 Å². The van der Waals surface area contributed by atoms with Gasteiger partial charge >= 0.3 is 0 Å². The lowest BCUT2D eigenvalue weighted by Crippen LogP contribution is -2.24. The summed E-state index contributed by atoms with van der Waals surface area (Å²) in [5.41, 5.74) is 11.4. The van der Waals surface area contributed by atoms with Gasteiger partial charge in [-0.3, -0.25) is 4.99 Å². The van der Waals surface area contributed by atoms with Crippen LogP contribution in [0, 0.1) is 0 Å². The Kier molecular flexibility index (Phi) is 7.34. The number of rotatable bonds is 5. The quantitative estimate of drug-likeness (QED) is 0.186. The Labute approximate surface area is 337 Å². The number of hydrogen-bond donors (Lipinski definition) is 1. The van der Waals surface area contributed by atoms with E-state index in [4.69, 9.17) is 4.99 Å². The Morgan fingerprint density at radius 1 is 0.474 bits per heavy atom. The summed E-state index contributed by atoms with van der Waals surface area (Å²) >= 11 is 3.77. The molecular formula is C52H33N3S2. The van der Waals surface area contributed by atoms with Crippen LogP contribution in [0.3, 0.4) is 0 Å². The van der Waals surface area contributed by atoms with E-state index in [1.165, 1.54) is 67.8 Å². The summed E-state index contributed by atoms with van der Waals surface area (Å²) in [6.07, 6.45) is 1.99. The molecule has 0 amide bonds. The van der Waals surface area contributed by atoms with Crippen molar-refractivity contribution in [2.24, 2.45) is 4.99 Å². The van der Waals surface area contributed by atoms with Gasteiger partial charge in [-0.25, -0.2) is 0 Å². The zero-order chi connectivity index (χ0) is 37.5. The molecule has 0 saturated heterocycles. The Bertz CT molecular complexity index is 3440. The summed E-state index contributed by atoms with van der Waals surface area (Å²) in [6, 6.07) is 66.2. The van der Waals surface area contributed by atoms with Crippen LogP contribution in [0.4, 0.5) is 0 Å². The monoisotopic (exact) mass is 763 g/mol. The smallest absolute Gasteiger partial charge is 0.145 e. The van der Waals surface area contributed by atoms with Gasteiger partial charge in [0, 0.05) is 73.6 Å². The molecule has 4 heterocycles. The minimum absolute atomic E-state index is 0.212. The van der Waals surface area contributed by atoms with E-state index in [1.54, 1.807) is 0 Å². The fourth-order valence-corrected chi connectivity index (χ4v) is 11.2. The Balaban J connectivity index is 1.13. The van der Waals surface area contributed by atoms with E-state index in [9.17, 15) is 0 Å². The fraction of sp³-hybridized carbons (Fsp3) is 0.0192. The van der Waals surface area contributed by atoms with Crippen molar-refractivity contribution < 1.29 is 0 Å². The maximum atomic E-state index is 5.35. The normalized spacial score (nSPS) is 14.5. The van der Waals surface area contributed by atoms with E-state index in [-0.39, 0.29) is 6.17 Å². The molecule has 1 atom stereocenters. The van der Waals surface area contributed by atoms with E-state index in [0.717, 1.165) is 39.3 Å². The van der Waals surface area contributed by atoms with Gasteiger partial charge < -0.3 is 9.88 Å². The molecule has 0 bridgehead atoms. The number of aromatic nitrogens is 1. The van der Waals surface area contributed by atoms with Crippen molar-refractivity contribution in [3.8, 4) is 16.8 Å². The maximum absolute atomic E-state index is 5.35. The fourth-order valence-electron chi connectivity index (χ4n) is 8.82. The third-order valence-corrected chi connectivity index (χ3v) is 13.8. The van der Waals surface area contributed by atoms with Crippen molar-refractivity contribution in [3.05, 3.63) is 205 Å². The molecule has 11 aromatic rings. The number of hydrogen-bond acceptors (Lipinski definition) is 4. The molecule has 0 aliphatic carbocycles. The van der Waals surface area contributed by atoms with Gasteiger partial charge in [-0.05, 0) is 65.2 Å². The number of fused-ring (bicyclic) bond motifs is 9. The lowest BCUT2D eigenvalue weighted by molar-refractivity contribution is 0.664. The Morgan fingerprint density at radius 2 is 1.16 bits per heavy atom. The standard InChI is InChI=1S/C52H33N3S2/c1-3-14-32(15-4-1)43-31-44(54-52(53-43)33-16-5-2-6-17-33)34-26-27-37-36-18-7-10-22-45(36)55(46(37)28-34)35-29-41-38-19-8-11-23-47(38)57-51(41)42(30-35)39-21-13-25-49-50(39)40-20-9-12-24-48(40)56-49/h1-31,52-53H. The van der Waals surface area contributed by atoms with Crippen LogP contribution in [0.25, 0.3) is 84.7 Å². The highest BCUT2D eigenvalue weighted by Gasteiger charge is 2.23. The molecule has 0 fully saturated rings. The summed E-state index contributed by atoms with van der Waals surface area (Å²) in [5, 5.41) is 11.4. The van der Waals surface area contributed by atoms with Crippen LogP contribution < -0.4 is 5.32 Å². The molecule has 0 saturated carbocycles. The second-order valence-electron chi connectivity index (χ2n) is 14.7. The number of benzene rings is 8. The molecule has 3 nitrogen and oxygen atoms in total. The summed E-state index contributed by atoms with van der Waals surface area (Å²) in [5.74, 6) is 0. The second kappa shape index (κ2) is 12.9. The first-order valence-electron chi connectivity index (χ1n) is 19.3. The number of nitrogens with one attached hydrogen (secondary N) is 1. The number of para-hydroxylation sites is 1. The molecule has 1 aliphatic heterocycles. The molecule has 268 valence electrons. The summed E-state index contributed by atoms with van der Waals surface area (Å²) < 4.78 is 7.73. The molecule has 1 N–H and O–H groups in total. The van der Waals surface area contributed by atoms with Crippen molar-refractivity contribution in [1.29, 1.82) is 0 Å². The second-order valence-corrected chi connectivity index (χ2v) is 16.9. The SMILES string of the molecule is C1=C(c2ccccc2)NC(c2ccccc2)N=C1c1ccc2c3ccccc3n(-c3cc(-c4cccc5sc6ccccc6c45)c4sc5ccccc5c4c3)c2c1. The summed E-state index contributed by atoms with van der Waals surface area (Å²) in [6.45, 7) is 0. The van der Waals surface area contributed by atoms with E-state index in [1.807, 2.05) is 22.7 Å². The molecule has 0 spiro atoms. The minimum Gasteiger partial charge on any atom is -0.360 e. The Hall–Kier alpha value is -6.79. The minimum atomic E-state index is -0.212. The van der Waals surface area contributed by atoms with Crippen molar-refractivity contribution in [2.45, 2.75) is 6.17 Å². The highest BCUT2D eigenvalue weighted by atomic mass is 32.1. The summed E-state index contributed by atoms with van der Waals surface area (Å²) in [7, 11) is 0. The molecule has 3 aromatic heterocycles. The van der Waals surface area contributed by atoms with Crippen LogP contribution in [0.5, 0.6) is 0 Å². The van der Waals surface area contributed by atoms with Crippen LogP contribution >= 0.6 is 22.7 Å². The highest BCUT2D eigenvalue weighted by molar-refractivity contribution is 7.26. The van der Waals surface area contributed by atoms with Gasteiger partial charge in [0.2, 0.25) is 0 Å². The molecule has 1 aliphatic rings. The zero-order valence-electron chi connectivity index (χ0n) is 30.7. The Morgan fingerprint density at radius 3 is 2.00 bits per heavy atom. The van der Waals surface area contributed by atoms with Gasteiger partial charge in [-0.2, -0.15) is 0 Å². The molecule has 0 radical (unpaired) electrons. The van der Waals surface area contributed by atoms with Crippen LogP contribution in [0.1, 0.15) is 22.9 Å². The van der Waals surface area contributed by atoms with Crippen molar-refractivity contribution in [1.82, 2.24) is 9.88 Å². The molecule has 1 unspecified atom stereocenters. The zero-order valence-corrected chi connectivity index (χ0v) is 32.3. The van der Waals surface area contributed by atoms with E-state index in [0.29, 0.717) is 0 Å². The van der Waals surface area contributed by atoms with Gasteiger partial charge in [0.15, 0.2) is 0 Å². The first-order valence-corrected chi connectivity index (χ1v) is 20.9. The average molecular weight is 764 g/mol. The maximum Gasteiger partial charge on any atom is 0.145 e. The third kappa shape index (κ3) is 5.20. The van der Waals surface area contributed by atoms with Crippen LogP contribution in [-0.2, 0) is 0 Å². The van der Waals surface area contributed by atoms with Crippen molar-refractivity contribution in [2.75, 3.05) is 0 Å². The average Bonchev–Trinajstić information content (AvgIpc) is 3.96. The lowest BCUT2D eigenvalue weighted by Gasteiger charge is -2.25. The van der Waals surface area contributed by atoms with E-state index in [2.05, 4.69) is 198 Å². The third-order valence-electron chi connectivity index (χ3n) is 11.4. The predicted molar refractivity (Wildman–Crippen MR) is 245 cm³/mol. The van der Waals surface area contributed by atoms with Gasteiger partial charge in [0.1, 0.15) is 6.17 Å². The van der Waals surface area contributed by atoms with E-state index < -0.39 is 0 Å². The van der Waals surface area contributed by atoms with Crippen molar-refractivity contribution in [3.63, 3.8) is 0 Å². The molecule has 8 aromatic carbocycles. The van der Waals surface area contributed by atoms with Crippen LogP contribution in [0.2, 0.25) is 0 Å². The predicted octanol–water partition coefficient (Wildman–Crippen LogP) is 14.3. The first kappa shape index (κ1) is 32.5. The van der Waals surface area contributed by atoms with E-state index >= 15 is 0 Å². The van der Waals surface area contributed by atoms with Crippen LogP contribution in [-0.4, -0.2) is 10.3 Å². The number of thiophene rings is 2. The van der Waals surface area contributed by atoms with Crippen molar-refractivity contribution >= 4 is 96.2 Å². The topological polar surface area (TPSA) is 29.3 Å². The molecule has 5 heteroatoms. The molecular weight excluding hydrogens is 731 g/mol.